The van der Waals surface area contributed by atoms with Crippen molar-refractivity contribution in [3.05, 3.63) is 35.2 Å². The van der Waals surface area contributed by atoms with Gasteiger partial charge >= 0.3 is 0 Å². The zero-order valence-corrected chi connectivity index (χ0v) is 13.1. The zero-order chi connectivity index (χ0) is 16.0. The number of halogens is 3. The fraction of sp³-hybridized carbons (Fsp3) is 0.500. The Morgan fingerprint density at radius 2 is 2.09 bits per heavy atom. The molecule has 0 radical (unpaired) electrons. The first-order valence-corrected chi connectivity index (χ1v) is 8.05. The summed E-state index contributed by atoms with van der Waals surface area (Å²) >= 11 is 5.99. The lowest BCUT2D eigenvalue weighted by atomic mass is 9.87. The topological polar surface area (TPSA) is 39.9 Å². The molecule has 2 fully saturated rings. The molecule has 1 atom stereocenters. The highest BCUT2D eigenvalue weighted by Crippen LogP contribution is 2.47. The van der Waals surface area contributed by atoms with Gasteiger partial charge in [0.2, 0.25) is 0 Å². The van der Waals surface area contributed by atoms with Crippen molar-refractivity contribution in [2.24, 2.45) is 0 Å². The summed E-state index contributed by atoms with van der Waals surface area (Å²) in [5.74, 6) is -2.37. The van der Waals surface area contributed by atoms with Crippen LogP contribution in [0.4, 0.5) is 8.78 Å². The molecule has 1 unspecified atom stereocenters. The molecule has 23 heavy (non-hydrogen) atoms. The summed E-state index contributed by atoms with van der Waals surface area (Å²) in [5, 5.41) is 5.11. The molecule has 0 bridgehead atoms. The maximum Gasteiger partial charge on any atom is 0.252 e. The number of nitrogens with zero attached hydrogens (tertiary/aromatic N) is 3. The number of ether oxygens (including phenoxy) is 1. The van der Waals surface area contributed by atoms with Crippen molar-refractivity contribution in [3.63, 3.8) is 0 Å². The third-order valence-corrected chi connectivity index (χ3v) is 4.73. The Morgan fingerprint density at radius 3 is 2.74 bits per heavy atom. The average molecular weight is 340 g/mol. The number of hydrogen-bond acceptors (Lipinski definition) is 3. The lowest BCUT2D eigenvalue weighted by molar-refractivity contribution is -0.107. The van der Waals surface area contributed by atoms with Crippen LogP contribution in [0, 0.1) is 0 Å². The van der Waals surface area contributed by atoms with E-state index in [2.05, 4.69) is 10.1 Å². The number of hydrogen-bond donors (Lipinski definition) is 0. The first kappa shape index (κ1) is 15.0. The van der Waals surface area contributed by atoms with Crippen LogP contribution in [0.5, 0.6) is 0 Å². The summed E-state index contributed by atoms with van der Waals surface area (Å²) in [6, 6.07) is 3.50. The van der Waals surface area contributed by atoms with Crippen molar-refractivity contribution in [3.8, 4) is 11.3 Å². The molecule has 2 aromatic rings. The lowest BCUT2D eigenvalue weighted by Gasteiger charge is -2.36. The van der Waals surface area contributed by atoms with E-state index in [1.54, 1.807) is 23.1 Å². The third-order valence-electron chi connectivity index (χ3n) is 4.53. The number of rotatable bonds is 3. The van der Waals surface area contributed by atoms with Gasteiger partial charge in [-0.05, 0) is 18.6 Å². The van der Waals surface area contributed by atoms with Crippen LogP contribution in [0.3, 0.4) is 0 Å². The molecule has 1 aliphatic heterocycles. The van der Waals surface area contributed by atoms with E-state index in [4.69, 9.17) is 16.3 Å². The number of aromatic nitrogens is 3. The largest absolute Gasteiger partial charge is 0.381 e. The predicted octanol–water partition coefficient (Wildman–Crippen LogP) is 4.07. The minimum absolute atomic E-state index is 0.150. The van der Waals surface area contributed by atoms with E-state index in [1.165, 1.54) is 0 Å². The van der Waals surface area contributed by atoms with Crippen molar-refractivity contribution in [2.45, 2.75) is 37.1 Å². The zero-order valence-electron chi connectivity index (χ0n) is 12.4. The van der Waals surface area contributed by atoms with Gasteiger partial charge in [-0.15, -0.1) is 0 Å². The van der Waals surface area contributed by atoms with Gasteiger partial charge in [-0.1, -0.05) is 11.6 Å². The highest BCUT2D eigenvalue weighted by atomic mass is 35.5. The van der Waals surface area contributed by atoms with Gasteiger partial charge in [-0.3, -0.25) is 9.67 Å². The second-order valence-electron chi connectivity index (χ2n) is 6.27. The lowest BCUT2D eigenvalue weighted by Crippen LogP contribution is -2.38. The van der Waals surface area contributed by atoms with Crippen molar-refractivity contribution in [1.82, 2.24) is 14.8 Å². The van der Waals surface area contributed by atoms with Crippen LogP contribution in [0.2, 0.25) is 5.02 Å². The summed E-state index contributed by atoms with van der Waals surface area (Å²) in [6.07, 6.45) is 3.83. The normalized spacial score (nSPS) is 23.9. The number of alkyl halides is 2. The molecule has 0 spiro atoms. The van der Waals surface area contributed by atoms with Crippen molar-refractivity contribution >= 4 is 11.6 Å². The van der Waals surface area contributed by atoms with E-state index in [0.29, 0.717) is 18.2 Å². The molecule has 7 heteroatoms. The fourth-order valence-corrected chi connectivity index (χ4v) is 3.44. The monoisotopic (exact) mass is 339 g/mol. The van der Waals surface area contributed by atoms with Gasteiger partial charge in [0.05, 0.1) is 23.4 Å². The highest BCUT2D eigenvalue weighted by Gasteiger charge is 2.47. The molecule has 122 valence electrons. The predicted molar refractivity (Wildman–Crippen MR) is 81.9 cm³/mol. The van der Waals surface area contributed by atoms with Gasteiger partial charge in [-0.2, -0.15) is 5.10 Å². The number of pyridine rings is 1. The standard InChI is InChI=1S/C16H16ClF2N3O/c17-12-3-11(7-20-8-12)14-4-15(10-1-2-23-9-10)22(21-14)13-5-16(18,19)6-13/h3-4,7-8,10,13H,1-2,5-6,9H2. The Kier molecular flexibility index (Phi) is 3.61. The van der Waals surface area contributed by atoms with Gasteiger partial charge in [0.1, 0.15) is 0 Å². The van der Waals surface area contributed by atoms with E-state index in [-0.39, 0.29) is 24.8 Å². The first-order valence-electron chi connectivity index (χ1n) is 7.68. The van der Waals surface area contributed by atoms with Crippen LogP contribution in [-0.2, 0) is 4.74 Å². The summed E-state index contributed by atoms with van der Waals surface area (Å²) in [6.45, 7) is 1.31. The van der Waals surface area contributed by atoms with Crippen molar-refractivity contribution in [1.29, 1.82) is 0 Å². The molecule has 2 aliphatic rings. The maximum atomic E-state index is 13.3. The minimum atomic E-state index is -2.57. The molecular weight excluding hydrogens is 324 g/mol. The Bertz CT molecular complexity index is 720. The van der Waals surface area contributed by atoms with Crippen molar-refractivity contribution < 1.29 is 13.5 Å². The van der Waals surface area contributed by atoms with Gasteiger partial charge < -0.3 is 4.74 Å². The summed E-state index contributed by atoms with van der Waals surface area (Å²) in [7, 11) is 0. The second kappa shape index (κ2) is 5.53. The first-order chi connectivity index (χ1) is 11.0. The van der Waals surface area contributed by atoms with Crippen LogP contribution in [0.15, 0.2) is 24.5 Å². The Morgan fingerprint density at radius 1 is 1.26 bits per heavy atom. The van der Waals surface area contributed by atoms with E-state index in [9.17, 15) is 8.78 Å². The van der Waals surface area contributed by atoms with Crippen LogP contribution in [-0.4, -0.2) is 33.9 Å². The highest BCUT2D eigenvalue weighted by molar-refractivity contribution is 6.30. The molecule has 0 aromatic carbocycles. The summed E-state index contributed by atoms with van der Waals surface area (Å²) in [5.41, 5.74) is 2.48. The van der Waals surface area contributed by atoms with Crippen LogP contribution in [0.1, 0.15) is 36.9 Å². The maximum absolute atomic E-state index is 13.3. The van der Waals surface area contributed by atoms with E-state index in [1.807, 2.05) is 6.07 Å². The molecule has 1 aliphatic carbocycles. The molecule has 2 aromatic heterocycles. The van der Waals surface area contributed by atoms with E-state index < -0.39 is 5.92 Å². The molecule has 1 saturated heterocycles. The van der Waals surface area contributed by atoms with E-state index >= 15 is 0 Å². The van der Waals surface area contributed by atoms with Crippen LogP contribution >= 0.6 is 11.6 Å². The van der Waals surface area contributed by atoms with Gasteiger partial charge in [0.15, 0.2) is 0 Å². The molecule has 4 nitrogen and oxygen atoms in total. The summed E-state index contributed by atoms with van der Waals surface area (Å²) < 4.78 is 33.8. The fourth-order valence-electron chi connectivity index (χ4n) is 3.27. The molecule has 1 saturated carbocycles. The third kappa shape index (κ3) is 2.85. The second-order valence-corrected chi connectivity index (χ2v) is 6.71. The van der Waals surface area contributed by atoms with Crippen LogP contribution < -0.4 is 0 Å². The van der Waals surface area contributed by atoms with Crippen molar-refractivity contribution in [2.75, 3.05) is 13.2 Å². The van der Waals surface area contributed by atoms with Gasteiger partial charge in [-0.25, -0.2) is 8.78 Å². The quantitative estimate of drug-likeness (QED) is 0.846. The Labute approximate surface area is 137 Å². The molecule has 3 heterocycles. The van der Waals surface area contributed by atoms with Gasteiger partial charge in [0.25, 0.3) is 5.92 Å². The Hall–Kier alpha value is -1.53. The average Bonchev–Trinajstić information content (AvgIpc) is 3.13. The molecular formula is C16H16ClF2N3O. The summed E-state index contributed by atoms with van der Waals surface area (Å²) in [4.78, 5) is 4.07. The Balaban J connectivity index is 1.71. The SMILES string of the molecule is FC1(F)CC(n2nc(-c3cncc(Cl)c3)cc2C2CCOC2)C1. The minimum Gasteiger partial charge on any atom is -0.381 e. The van der Waals surface area contributed by atoms with E-state index in [0.717, 1.165) is 23.4 Å². The van der Waals surface area contributed by atoms with Crippen LogP contribution in [0.25, 0.3) is 11.3 Å². The molecule has 4 rings (SSSR count). The molecule has 0 N–H and O–H groups in total. The smallest absolute Gasteiger partial charge is 0.252 e. The van der Waals surface area contributed by atoms with Gasteiger partial charge in [0, 0.05) is 49.0 Å². The molecule has 0 amide bonds.